The zero-order valence-electron chi connectivity index (χ0n) is 19.1. The summed E-state index contributed by atoms with van der Waals surface area (Å²) in [5, 5.41) is 44.3. The van der Waals surface area contributed by atoms with Gasteiger partial charge in [-0.15, -0.1) is 0 Å². The van der Waals surface area contributed by atoms with Crippen molar-refractivity contribution < 1.29 is 34.8 Å². The van der Waals surface area contributed by atoms with Crippen LogP contribution < -0.4 is 10.6 Å². The van der Waals surface area contributed by atoms with Crippen LogP contribution in [0.15, 0.2) is 23.0 Å². The van der Waals surface area contributed by atoms with E-state index in [1.165, 1.54) is 11.0 Å². The van der Waals surface area contributed by atoms with Gasteiger partial charge >= 0.3 is 0 Å². The largest absolute Gasteiger partial charge is 0.508 e. The van der Waals surface area contributed by atoms with Gasteiger partial charge in [-0.2, -0.15) is 0 Å². The summed E-state index contributed by atoms with van der Waals surface area (Å²) < 4.78 is 0. The molecule has 4 rings (SSSR count). The molecule has 0 heterocycles. The Morgan fingerprint density at radius 1 is 1.18 bits per heavy atom. The van der Waals surface area contributed by atoms with Crippen molar-refractivity contribution in [1.29, 1.82) is 0 Å². The molecule has 1 aromatic carbocycles. The lowest BCUT2D eigenvalue weighted by molar-refractivity contribution is -0.153. The Labute approximate surface area is 200 Å². The van der Waals surface area contributed by atoms with Crippen molar-refractivity contribution in [3.8, 4) is 5.75 Å². The van der Waals surface area contributed by atoms with Gasteiger partial charge in [-0.3, -0.25) is 19.3 Å². The van der Waals surface area contributed by atoms with E-state index in [1.807, 2.05) is 0 Å². The monoisotopic (exact) mass is 491 g/mol. The van der Waals surface area contributed by atoms with E-state index in [0.717, 1.165) is 0 Å². The predicted molar refractivity (Wildman–Crippen MR) is 124 cm³/mol. The third-order valence-electron chi connectivity index (χ3n) is 7.09. The summed E-state index contributed by atoms with van der Waals surface area (Å²) in [6.45, 7) is 0. The maximum atomic E-state index is 13.7. The summed E-state index contributed by atoms with van der Waals surface area (Å²) in [6.07, 6.45) is 0.197. The van der Waals surface area contributed by atoms with Gasteiger partial charge in [0, 0.05) is 31.7 Å². The number of nitrogens with zero attached hydrogens (tertiary/aromatic N) is 2. The van der Waals surface area contributed by atoms with Gasteiger partial charge in [-0.05, 0) is 38.4 Å². The molecule has 34 heavy (non-hydrogen) atoms. The number of nitrogens with two attached hydrogens (primary N) is 1. The number of carbonyl (C=O) groups is 3. The van der Waals surface area contributed by atoms with Gasteiger partial charge in [0.1, 0.15) is 22.8 Å². The quantitative estimate of drug-likeness (QED) is 0.382. The van der Waals surface area contributed by atoms with Crippen molar-refractivity contribution in [2.75, 3.05) is 33.1 Å². The number of primary amides is 1. The molecular weight excluding hydrogens is 466 g/mol. The fourth-order valence-electron chi connectivity index (χ4n) is 5.76. The standard InChI is InChI=1S/C23H26ClN3O7/c1-26(2)16-9-5-8-6-10-17(27(3)4)19(30)15(22(25)33)21(32)23(10,34)20(31)13(8)18(29)14(9)12(28)7-11(16)24/h7-8,10,17,28-29,32,34H,5-6H2,1-4H3,(H2,25,33)/t8?,10?,17-,23?/m0/s1. The van der Waals surface area contributed by atoms with Crippen LogP contribution in [0.3, 0.4) is 0 Å². The minimum Gasteiger partial charge on any atom is -0.508 e. The second kappa shape index (κ2) is 7.72. The Morgan fingerprint density at radius 2 is 1.79 bits per heavy atom. The third-order valence-corrected chi connectivity index (χ3v) is 7.38. The lowest BCUT2D eigenvalue weighted by Gasteiger charge is -2.50. The zero-order chi connectivity index (χ0) is 25.4. The topological polar surface area (TPSA) is 165 Å². The van der Waals surface area contributed by atoms with E-state index in [-0.39, 0.29) is 34.8 Å². The first kappa shape index (κ1) is 24.1. The number of halogens is 1. The second-order valence-corrected chi connectivity index (χ2v) is 9.84. The van der Waals surface area contributed by atoms with E-state index >= 15 is 0 Å². The summed E-state index contributed by atoms with van der Waals surface area (Å²) >= 11 is 6.35. The molecular formula is C23H26ClN3O7. The smallest absolute Gasteiger partial charge is 0.255 e. The highest BCUT2D eigenvalue weighted by Gasteiger charge is 2.64. The van der Waals surface area contributed by atoms with Crippen LogP contribution in [0.25, 0.3) is 5.76 Å². The molecule has 1 aromatic rings. The molecule has 10 nitrogen and oxygen atoms in total. The molecule has 3 aliphatic carbocycles. The van der Waals surface area contributed by atoms with E-state index in [1.54, 1.807) is 33.1 Å². The molecule has 0 saturated heterocycles. The number of carbonyl (C=O) groups excluding carboxylic acids is 3. The van der Waals surface area contributed by atoms with Gasteiger partial charge in [0.05, 0.1) is 22.3 Å². The summed E-state index contributed by atoms with van der Waals surface area (Å²) in [5.41, 5.74) is 2.68. The van der Waals surface area contributed by atoms with Gasteiger partial charge in [0.15, 0.2) is 11.4 Å². The van der Waals surface area contributed by atoms with Gasteiger partial charge < -0.3 is 31.1 Å². The number of hydrogen-bond donors (Lipinski definition) is 5. The molecule has 3 unspecified atom stereocenters. The Morgan fingerprint density at radius 3 is 2.32 bits per heavy atom. The SMILES string of the molecule is CN(C)c1c(Cl)cc(O)c2c1CC1CC3[C@H](N(C)C)C(=O)C(C(N)=O)=C(O)C3(O)C(=O)C1=C2O. The number of amides is 1. The number of aromatic hydroxyl groups is 1. The lowest BCUT2D eigenvalue weighted by atomic mass is 9.57. The number of phenols is 1. The van der Waals surface area contributed by atoms with Crippen LogP contribution in [0.1, 0.15) is 17.5 Å². The zero-order valence-corrected chi connectivity index (χ0v) is 19.8. The number of Topliss-reactive ketones (excluding diaryl/α,β-unsaturated/α-hetero) is 2. The van der Waals surface area contributed by atoms with Crippen molar-refractivity contribution in [1.82, 2.24) is 4.90 Å². The van der Waals surface area contributed by atoms with Crippen molar-refractivity contribution in [3.05, 3.63) is 39.1 Å². The summed E-state index contributed by atoms with van der Waals surface area (Å²) in [6, 6.07) is 0.125. The predicted octanol–water partition coefficient (Wildman–Crippen LogP) is 0.683. The fraction of sp³-hybridized carbons (Fsp3) is 0.435. The van der Waals surface area contributed by atoms with Crippen LogP contribution in [0.2, 0.25) is 5.02 Å². The van der Waals surface area contributed by atoms with Gasteiger partial charge in [0.25, 0.3) is 5.91 Å². The molecule has 0 aliphatic heterocycles. The number of ketones is 2. The molecule has 4 atom stereocenters. The van der Waals surface area contributed by atoms with E-state index in [2.05, 4.69) is 0 Å². The summed E-state index contributed by atoms with van der Waals surface area (Å²) in [4.78, 5) is 42.0. The first-order valence-electron chi connectivity index (χ1n) is 10.6. The van der Waals surface area contributed by atoms with E-state index < -0.39 is 58.0 Å². The van der Waals surface area contributed by atoms with Crippen LogP contribution in [-0.4, -0.2) is 82.6 Å². The molecule has 0 spiro atoms. The molecule has 0 bridgehead atoms. The molecule has 182 valence electrons. The molecule has 6 N–H and O–H groups in total. The maximum Gasteiger partial charge on any atom is 0.255 e. The van der Waals surface area contributed by atoms with Gasteiger partial charge in [0.2, 0.25) is 5.78 Å². The first-order chi connectivity index (χ1) is 15.7. The first-order valence-corrected chi connectivity index (χ1v) is 11.0. The van der Waals surface area contributed by atoms with Crippen LogP contribution in [0.5, 0.6) is 5.75 Å². The van der Waals surface area contributed by atoms with Crippen LogP contribution in [0.4, 0.5) is 5.69 Å². The van der Waals surface area contributed by atoms with Crippen molar-refractivity contribution in [3.63, 3.8) is 0 Å². The number of fused-ring (bicyclic) bond motifs is 3. The average Bonchev–Trinajstić information content (AvgIpc) is 2.69. The fourth-order valence-corrected chi connectivity index (χ4v) is 6.14. The Kier molecular flexibility index (Phi) is 5.47. The maximum absolute atomic E-state index is 13.7. The normalized spacial score (nSPS) is 28.6. The molecule has 0 radical (unpaired) electrons. The van der Waals surface area contributed by atoms with E-state index in [9.17, 15) is 34.8 Å². The van der Waals surface area contributed by atoms with E-state index in [4.69, 9.17) is 17.3 Å². The lowest BCUT2D eigenvalue weighted by Crippen LogP contribution is -2.65. The summed E-state index contributed by atoms with van der Waals surface area (Å²) in [5.74, 6) is -6.90. The molecule has 3 aliphatic rings. The van der Waals surface area contributed by atoms with E-state index in [0.29, 0.717) is 11.3 Å². The second-order valence-electron chi connectivity index (χ2n) is 9.44. The number of rotatable bonds is 3. The van der Waals surface area contributed by atoms with Gasteiger partial charge in [-0.1, -0.05) is 11.6 Å². The highest BCUT2D eigenvalue weighted by molar-refractivity contribution is 6.34. The molecule has 1 fully saturated rings. The molecule has 11 heteroatoms. The molecule has 0 aromatic heterocycles. The minimum absolute atomic E-state index is 0.00406. The number of aliphatic hydroxyl groups is 3. The van der Waals surface area contributed by atoms with Gasteiger partial charge in [-0.25, -0.2) is 0 Å². The Balaban J connectivity index is 2.01. The number of likely N-dealkylation sites (N-methyl/N-ethyl adjacent to an activating group) is 1. The third kappa shape index (κ3) is 2.98. The number of benzene rings is 1. The molecule has 1 amide bonds. The Hall–Kier alpha value is -3.08. The minimum atomic E-state index is -2.66. The number of aliphatic hydroxyl groups excluding tert-OH is 2. The van der Waals surface area contributed by atoms with Crippen molar-refractivity contribution in [2.45, 2.75) is 24.5 Å². The number of hydrogen-bond acceptors (Lipinski definition) is 9. The average molecular weight is 492 g/mol. The van der Waals surface area contributed by atoms with Crippen molar-refractivity contribution >= 4 is 40.5 Å². The number of phenolic OH excluding ortho intramolecular Hbond substituents is 1. The summed E-state index contributed by atoms with van der Waals surface area (Å²) in [7, 11) is 6.59. The highest BCUT2D eigenvalue weighted by atomic mass is 35.5. The number of anilines is 1. The van der Waals surface area contributed by atoms with Crippen LogP contribution in [-0.2, 0) is 20.8 Å². The highest BCUT2D eigenvalue weighted by Crippen LogP contribution is 2.54. The van der Waals surface area contributed by atoms with Crippen LogP contribution in [0, 0.1) is 11.8 Å². The molecule has 1 saturated carbocycles. The Bertz CT molecular complexity index is 1220. The van der Waals surface area contributed by atoms with Crippen molar-refractivity contribution in [2.24, 2.45) is 17.6 Å². The van der Waals surface area contributed by atoms with Crippen LogP contribution >= 0.6 is 11.6 Å².